The van der Waals surface area contributed by atoms with Crippen LogP contribution in [0.15, 0.2) is 57.6 Å². The lowest BCUT2D eigenvalue weighted by atomic mass is 10.1. The van der Waals surface area contributed by atoms with Gasteiger partial charge in [-0.2, -0.15) is 0 Å². The molecule has 0 amide bonds. The fraction of sp³-hybridized carbons (Fsp3) is 0.0625. The lowest BCUT2D eigenvalue weighted by Crippen LogP contribution is -1.90. The first-order valence-corrected chi connectivity index (χ1v) is 7.13. The van der Waals surface area contributed by atoms with Gasteiger partial charge in [-0.3, -0.25) is 0 Å². The minimum Gasteiger partial charge on any atom is -0.446 e. The molecule has 3 nitrogen and oxygen atoms in total. The summed E-state index contributed by atoms with van der Waals surface area (Å²) in [4.78, 5) is 4.77. The number of aryl methyl sites for hydroxylation is 1. The van der Waals surface area contributed by atoms with Gasteiger partial charge in [-0.1, -0.05) is 30.3 Å². The van der Waals surface area contributed by atoms with Crippen molar-refractivity contribution in [1.29, 1.82) is 0 Å². The molecular weight excluding hydrogens is 316 g/mol. The predicted octanol–water partition coefficient (Wildman–Crippen LogP) is 4.75. The summed E-state index contributed by atoms with van der Waals surface area (Å²) in [5, 5.41) is 2.36. The summed E-state index contributed by atoms with van der Waals surface area (Å²) in [7, 11) is 2.01. The molecule has 0 N–H and O–H groups in total. The summed E-state index contributed by atoms with van der Waals surface area (Å²) in [6.45, 7) is 0. The molecule has 4 aromatic rings. The molecule has 0 saturated carbocycles. The minimum absolute atomic E-state index is 0.712. The van der Waals surface area contributed by atoms with E-state index in [-0.39, 0.29) is 0 Å². The van der Waals surface area contributed by atoms with E-state index in [4.69, 9.17) is 9.40 Å². The topological polar surface area (TPSA) is 31.0 Å². The standard InChI is InChI=1S/C16H11BrN2O/c1-19-12-7-6-10-4-2-3-5-11(10)15(12)18-16(19)13-8-9-14(17)20-13/h2-9H,1H3. The zero-order chi connectivity index (χ0) is 13.7. The second-order valence-corrected chi connectivity index (χ2v) is 5.53. The summed E-state index contributed by atoms with van der Waals surface area (Å²) >= 11 is 3.33. The molecule has 0 unspecified atom stereocenters. The summed E-state index contributed by atoms with van der Waals surface area (Å²) in [5.41, 5.74) is 2.11. The van der Waals surface area contributed by atoms with E-state index >= 15 is 0 Å². The Morgan fingerprint density at radius 3 is 2.70 bits per heavy atom. The van der Waals surface area contributed by atoms with Crippen molar-refractivity contribution in [2.75, 3.05) is 0 Å². The number of hydrogen-bond acceptors (Lipinski definition) is 2. The highest BCUT2D eigenvalue weighted by atomic mass is 79.9. The van der Waals surface area contributed by atoms with Crippen LogP contribution >= 0.6 is 15.9 Å². The van der Waals surface area contributed by atoms with E-state index in [2.05, 4.69) is 44.8 Å². The summed E-state index contributed by atoms with van der Waals surface area (Å²) in [6.07, 6.45) is 0. The molecule has 0 aliphatic rings. The number of fused-ring (bicyclic) bond motifs is 3. The number of rotatable bonds is 1. The number of hydrogen-bond donors (Lipinski definition) is 0. The third-order valence-electron chi connectivity index (χ3n) is 3.57. The van der Waals surface area contributed by atoms with Crippen molar-refractivity contribution in [1.82, 2.24) is 9.55 Å². The third-order valence-corrected chi connectivity index (χ3v) is 4.00. The molecule has 0 atom stereocenters. The number of aromatic nitrogens is 2. The van der Waals surface area contributed by atoms with Crippen molar-refractivity contribution in [2.45, 2.75) is 0 Å². The molecule has 0 aliphatic carbocycles. The molecule has 0 spiro atoms. The highest BCUT2D eigenvalue weighted by Crippen LogP contribution is 2.30. The van der Waals surface area contributed by atoms with Crippen LogP contribution in [0.25, 0.3) is 33.4 Å². The summed E-state index contributed by atoms with van der Waals surface area (Å²) in [6, 6.07) is 16.3. The Hall–Kier alpha value is -2.07. The van der Waals surface area contributed by atoms with Crippen LogP contribution in [0.2, 0.25) is 0 Å². The van der Waals surface area contributed by atoms with Crippen molar-refractivity contribution in [2.24, 2.45) is 7.05 Å². The fourth-order valence-corrected chi connectivity index (χ4v) is 2.89. The zero-order valence-corrected chi connectivity index (χ0v) is 12.4. The first kappa shape index (κ1) is 11.7. The fourth-order valence-electron chi connectivity index (χ4n) is 2.58. The van der Waals surface area contributed by atoms with Gasteiger partial charge in [0.15, 0.2) is 16.3 Å². The molecule has 98 valence electrons. The Morgan fingerprint density at radius 2 is 1.90 bits per heavy atom. The molecule has 4 rings (SSSR count). The van der Waals surface area contributed by atoms with Gasteiger partial charge in [-0.25, -0.2) is 4.98 Å². The first-order chi connectivity index (χ1) is 9.74. The number of furan rings is 1. The molecule has 0 aliphatic heterocycles. The zero-order valence-electron chi connectivity index (χ0n) is 10.8. The Bertz CT molecular complexity index is 936. The Balaban J connectivity index is 2.09. The van der Waals surface area contributed by atoms with E-state index in [1.807, 2.05) is 31.3 Å². The maximum atomic E-state index is 5.63. The highest BCUT2D eigenvalue weighted by molar-refractivity contribution is 9.10. The minimum atomic E-state index is 0.712. The quantitative estimate of drug-likeness (QED) is 0.505. The van der Waals surface area contributed by atoms with Crippen LogP contribution in [0, 0.1) is 0 Å². The van der Waals surface area contributed by atoms with Crippen molar-refractivity contribution >= 4 is 37.7 Å². The van der Waals surface area contributed by atoms with E-state index in [9.17, 15) is 0 Å². The van der Waals surface area contributed by atoms with Crippen LogP contribution in [-0.2, 0) is 7.05 Å². The molecule has 0 radical (unpaired) electrons. The Kier molecular flexibility index (Phi) is 2.47. The van der Waals surface area contributed by atoms with Crippen molar-refractivity contribution in [3.8, 4) is 11.6 Å². The highest BCUT2D eigenvalue weighted by Gasteiger charge is 2.14. The predicted molar refractivity (Wildman–Crippen MR) is 83.6 cm³/mol. The first-order valence-electron chi connectivity index (χ1n) is 6.34. The van der Waals surface area contributed by atoms with Crippen molar-refractivity contribution in [3.63, 3.8) is 0 Å². The number of nitrogens with zero attached hydrogens (tertiary/aromatic N) is 2. The van der Waals surface area contributed by atoms with Crippen LogP contribution in [0.1, 0.15) is 0 Å². The van der Waals surface area contributed by atoms with E-state index in [0.29, 0.717) is 4.67 Å². The van der Waals surface area contributed by atoms with Gasteiger partial charge in [0.2, 0.25) is 0 Å². The normalized spacial score (nSPS) is 11.5. The summed E-state index contributed by atoms with van der Waals surface area (Å²) in [5.74, 6) is 1.60. The Morgan fingerprint density at radius 1 is 1.05 bits per heavy atom. The van der Waals surface area contributed by atoms with Gasteiger partial charge in [0.1, 0.15) is 0 Å². The van der Waals surface area contributed by atoms with E-state index in [0.717, 1.165) is 28.0 Å². The van der Waals surface area contributed by atoms with Gasteiger partial charge in [0.05, 0.1) is 11.0 Å². The molecule has 4 heteroatoms. The largest absolute Gasteiger partial charge is 0.446 e. The van der Waals surface area contributed by atoms with Crippen LogP contribution < -0.4 is 0 Å². The average Bonchev–Trinajstić information content (AvgIpc) is 3.03. The van der Waals surface area contributed by atoms with Gasteiger partial charge >= 0.3 is 0 Å². The maximum absolute atomic E-state index is 5.63. The maximum Gasteiger partial charge on any atom is 0.177 e. The third kappa shape index (κ3) is 1.61. The van der Waals surface area contributed by atoms with Gasteiger partial charge in [-0.05, 0) is 39.5 Å². The molecule has 2 aromatic carbocycles. The molecule has 0 bridgehead atoms. The summed E-state index contributed by atoms with van der Waals surface area (Å²) < 4.78 is 8.40. The van der Waals surface area contributed by atoms with Crippen molar-refractivity contribution in [3.05, 3.63) is 53.2 Å². The molecule has 0 saturated heterocycles. The second-order valence-electron chi connectivity index (χ2n) is 4.75. The monoisotopic (exact) mass is 326 g/mol. The van der Waals surface area contributed by atoms with Gasteiger partial charge in [0.25, 0.3) is 0 Å². The number of benzene rings is 2. The number of imidazole rings is 1. The molecular formula is C16H11BrN2O. The second kappa shape index (κ2) is 4.21. The van der Waals surface area contributed by atoms with Gasteiger partial charge in [0, 0.05) is 12.4 Å². The lowest BCUT2D eigenvalue weighted by Gasteiger charge is -2.00. The van der Waals surface area contributed by atoms with Crippen molar-refractivity contribution < 1.29 is 4.42 Å². The van der Waals surface area contributed by atoms with Crippen LogP contribution in [-0.4, -0.2) is 9.55 Å². The molecule has 20 heavy (non-hydrogen) atoms. The molecule has 2 aromatic heterocycles. The smallest absolute Gasteiger partial charge is 0.177 e. The average molecular weight is 327 g/mol. The van der Waals surface area contributed by atoms with Crippen LogP contribution in [0.5, 0.6) is 0 Å². The van der Waals surface area contributed by atoms with Crippen LogP contribution in [0.4, 0.5) is 0 Å². The van der Waals surface area contributed by atoms with E-state index in [1.54, 1.807) is 0 Å². The number of halogens is 1. The van der Waals surface area contributed by atoms with Gasteiger partial charge < -0.3 is 8.98 Å². The van der Waals surface area contributed by atoms with Gasteiger partial charge in [-0.15, -0.1) is 0 Å². The molecule has 0 fully saturated rings. The van der Waals surface area contributed by atoms with Crippen LogP contribution in [0.3, 0.4) is 0 Å². The molecule has 2 heterocycles. The van der Waals surface area contributed by atoms with E-state index in [1.165, 1.54) is 5.39 Å². The SMILES string of the molecule is Cn1c(-c2ccc(Br)o2)nc2c3ccccc3ccc21. The Labute approximate surface area is 124 Å². The lowest BCUT2D eigenvalue weighted by molar-refractivity contribution is 0.549. The van der Waals surface area contributed by atoms with E-state index < -0.39 is 0 Å².